The Balaban J connectivity index is 1.14. The molecule has 12 aromatic rings. The summed E-state index contributed by atoms with van der Waals surface area (Å²) in [4.78, 5) is 21.1. The Morgan fingerprint density at radius 3 is 1.69 bits per heavy atom. The molecule has 0 fully saturated rings. The normalized spacial score (nSPS) is 11.9. The summed E-state index contributed by atoms with van der Waals surface area (Å²) in [5.74, 6) is 1.54. The minimum absolute atomic E-state index is 0.473. The van der Waals surface area contributed by atoms with Crippen molar-refractivity contribution in [2.45, 2.75) is 19.6 Å². The van der Waals surface area contributed by atoms with Gasteiger partial charge in [-0.2, -0.15) is 15.2 Å². The van der Waals surface area contributed by atoms with Gasteiger partial charge >= 0.3 is 0 Å². The maximum atomic E-state index is 9.95. The Morgan fingerprint density at radius 1 is 0.415 bits per heavy atom. The number of hydrogen-bond donors (Lipinski definition) is 0. The first kappa shape index (κ1) is 38.1. The van der Waals surface area contributed by atoms with Gasteiger partial charge in [-0.15, -0.1) is 10.0 Å². The molecule has 306 valence electrons. The van der Waals surface area contributed by atoms with Crippen molar-refractivity contribution in [2.24, 2.45) is 0 Å². The van der Waals surface area contributed by atoms with Crippen LogP contribution in [0.2, 0.25) is 0 Å². The van der Waals surface area contributed by atoms with Gasteiger partial charge in [0, 0.05) is 52.3 Å². The minimum atomic E-state index is -2.01. The fourth-order valence-corrected chi connectivity index (χ4v) is 13.3. The van der Waals surface area contributed by atoms with Crippen molar-refractivity contribution >= 4 is 53.8 Å². The van der Waals surface area contributed by atoms with Crippen LogP contribution in [0, 0.1) is 11.3 Å². The Kier molecular flexibility index (Phi) is 9.18. The monoisotopic (exact) mass is 851 g/mol. The first-order chi connectivity index (χ1) is 32.2. The van der Waals surface area contributed by atoms with E-state index >= 15 is 0 Å². The second kappa shape index (κ2) is 15.7. The third-order valence-corrected chi connectivity index (χ3v) is 16.1. The highest BCUT2D eigenvalue weighted by atomic mass is 32.3. The summed E-state index contributed by atoms with van der Waals surface area (Å²) in [6, 6.07) is 80.4. The van der Waals surface area contributed by atoms with Crippen LogP contribution < -0.4 is 0 Å². The molecule has 3 aromatic heterocycles. The topological polar surface area (TPSA) is 80.5 Å². The first-order valence-electron chi connectivity index (χ1n) is 21.5. The number of para-hydroxylation sites is 2. The second-order valence-electron chi connectivity index (χ2n) is 15.9. The molecular weight excluding hydrogens is 815 g/mol. The van der Waals surface area contributed by atoms with Gasteiger partial charge in [-0.25, -0.2) is 4.98 Å². The van der Waals surface area contributed by atoms with Crippen LogP contribution in [0.3, 0.4) is 0 Å². The van der Waals surface area contributed by atoms with Crippen molar-refractivity contribution in [2.75, 3.05) is 0 Å². The van der Waals surface area contributed by atoms with Crippen molar-refractivity contribution < 1.29 is 4.42 Å². The van der Waals surface area contributed by atoms with Crippen LogP contribution in [0.5, 0.6) is 0 Å². The minimum Gasteiger partial charge on any atom is -0.456 e. The molecule has 65 heavy (non-hydrogen) atoms. The Labute approximate surface area is 376 Å². The number of rotatable bonds is 8. The van der Waals surface area contributed by atoms with Crippen molar-refractivity contribution in [3.63, 3.8) is 0 Å². The fourth-order valence-electron chi connectivity index (χ4n) is 9.40. The molecule has 0 aliphatic rings. The highest BCUT2D eigenvalue weighted by molar-refractivity contribution is 8.34. The van der Waals surface area contributed by atoms with E-state index in [1.54, 1.807) is 0 Å². The molecule has 6 nitrogen and oxygen atoms in total. The van der Waals surface area contributed by atoms with Crippen LogP contribution in [-0.4, -0.2) is 19.5 Å². The van der Waals surface area contributed by atoms with E-state index in [1.807, 2.05) is 66.7 Å². The molecule has 0 unspecified atom stereocenters. The summed E-state index contributed by atoms with van der Waals surface area (Å²) in [7, 11) is -2.01. The summed E-state index contributed by atoms with van der Waals surface area (Å²) < 4.78 is 8.48. The van der Waals surface area contributed by atoms with E-state index in [9.17, 15) is 5.26 Å². The molecule has 0 N–H and O–H groups in total. The van der Waals surface area contributed by atoms with E-state index in [2.05, 4.69) is 168 Å². The SMILES string of the molecule is N#Cc1ccc2c(c1)c1ccccc1n2-c1nc(-c2cccc(S(c3ccccc3)(c3ccccc3)c3ccccc3)c2)nc(-c2ccccc2-c2cccc3oc4ccccc4c23)n1. The average molecular weight is 852 g/mol. The number of aromatic nitrogens is 4. The Hall–Kier alpha value is -8.57. The zero-order valence-corrected chi connectivity index (χ0v) is 35.7. The molecule has 0 radical (unpaired) electrons. The van der Waals surface area contributed by atoms with E-state index in [-0.39, 0.29) is 0 Å². The van der Waals surface area contributed by atoms with Crippen molar-refractivity contribution in [1.82, 2.24) is 19.5 Å². The number of nitrogens with zero attached hydrogens (tertiary/aromatic N) is 5. The third-order valence-electron chi connectivity index (χ3n) is 12.2. The summed E-state index contributed by atoms with van der Waals surface area (Å²) in [5.41, 5.74) is 7.78. The Bertz CT molecular complexity index is 3700. The van der Waals surface area contributed by atoms with E-state index in [0.29, 0.717) is 23.2 Å². The number of hydrogen-bond acceptors (Lipinski definition) is 5. The average Bonchev–Trinajstić information content (AvgIpc) is 3.93. The number of nitriles is 1. The lowest BCUT2D eigenvalue weighted by Gasteiger charge is -2.42. The molecule has 0 aliphatic heterocycles. The van der Waals surface area contributed by atoms with Gasteiger partial charge in [-0.3, -0.25) is 4.57 Å². The highest BCUT2D eigenvalue weighted by Crippen LogP contribution is 2.73. The predicted octanol–water partition coefficient (Wildman–Crippen LogP) is 15.1. The summed E-state index contributed by atoms with van der Waals surface area (Å²) in [5, 5.41) is 14.0. The summed E-state index contributed by atoms with van der Waals surface area (Å²) in [6.07, 6.45) is 0. The lowest BCUT2D eigenvalue weighted by atomic mass is 9.95. The second-order valence-corrected chi connectivity index (χ2v) is 19.0. The van der Waals surface area contributed by atoms with E-state index < -0.39 is 10.0 Å². The molecule has 0 atom stereocenters. The van der Waals surface area contributed by atoms with Crippen LogP contribution in [0.15, 0.2) is 248 Å². The fraction of sp³-hybridized carbons (Fsp3) is 0. The molecule has 0 aliphatic carbocycles. The number of benzene rings is 9. The molecule has 0 amide bonds. The van der Waals surface area contributed by atoms with Crippen molar-refractivity contribution in [3.05, 3.63) is 230 Å². The van der Waals surface area contributed by atoms with Gasteiger partial charge in [0.15, 0.2) is 11.6 Å². The summed E-state index contributed by atoms with van der Waals surface area (Å²) in [6.45, 7) is 0. The van der Waals surface area contributed by atoms with Gasteiger partial charge in [-0.1, -0.05) is 140 Å². The smallest absolute Gasteiger partial charge is 0.238 e. The van der Waals surface area contributed by atoms with Crippen molar-refractivity contribution in [1.29, 1.82) is 5.26 Å². The highest BCUT2D eigenvalue weighted by Gasteiger charge is 2.33. The van der Waals surface area contributed by atoms with Gasteiger partial charge in [-0.05, 0) is 96.1 Å². The lowest BCUT2D eigenvalue weighted by Crippen LogP contribution is -2.08. The zero-order valence-electron chi connectivity index (χ0n) is 34.9. The van der Waals surface area contributed by atoms with E-state index in [0.717, 1.165) is 70.9 Å². The first-order valence-corrected chi connectivity index (χ1v) is 23.1. The van der Waals surface area contributed by atoms with Crippen LogP contribution in [0.4, 0.5) is 0 Å². The third kappa shape index (κ3) is 6.23. The van der Waals surface area contributed by atoms with Gasteiger partial charge in [0.2, 0.25) is 5.95 Å². The molecular formula is C58H37N5OS. The largest absolute Gasteiger partial charge is 0.456 e. The lowest BCUT2D eigenvalue weighted by molar-refractivity contribution is 0.669. The predicted molar refractivity (Wildman–Crippen MR) is 262 cm³/mol. The maximum Gasteiger partial charge on any atom is 0.238 e. The van der Waals surface area contributed by atoms with Gasteiger partial charge in [0.1, 0.15) is 11.2 Å². The number of furan rings is 1. The van der Waals surface area contributed by atoms with Crippen LogP contribution in [-0.2, 0) is 0 Å². The molecule has 12 rings (SSSR count). The van der Waals surface area contributed by atoms with E-state index in [1.165, 1.54) is 14.7 Å². The molecule has 0 spiro atoms. The van der Waals surface area contributed by atoms with Crippen LogP contribution >= 0.6 is 10.0 Å². The van der Waals surface area contributed by atoms with Crippen LogP contribution in [0.1, 0.15) is 5.56 Å². The summed E-state index contributed by atoms with van der Waals surface area (Å²) >= 11 is 0. The van der Waals surface area contributed by atoms with Gasteiger partial charge in [0.25, 0.3) is 0 Å². The molecule has 0 saturated heterocycles. The van der Waals surface area contributed by atoms with Gasteiger partial charge in [0.05, 0.1) is 22.7 Å². The van der Waals surface area contributed by atoms with Crippen molar-refractivity contribution in [3.8, 4) is 45.9 Å². The quantitative estimate of drug-likeness (QED) is 0.152. The number of fused-ring (bicyclic) bond motifs is 6. The zero-order chi connectivity index (χ0) is 43.3. The van der Waals surface area contributed by atoms with Gasteiger partial charge < -0.3 is 4.42 Å². The molecule has 7 heteroatoms. The van der Waals surface area contributed by atoms with Crippen LogP contribution in [0.25, 0.3) is 83.6 Å². The molecule has 0 saturated carbocycles. The maximum absolute atomic E-state index is 9.95. The standard InChI is InChI=1S/C58H37N5OS/c59-38-39-34-35-52-50(36-39)46-27-12-14-31-51(46)63(52)58-61-56(60-57(62-58)48-28-11-10-26-45(48)47-30-17-33-54-55(47)49-29-13-15-32-53(49)64-54)40-18-16-25-44(37-40)65(41-19-4-1-5-20-41,42-21-6-2-7-22-42)43-23-8-3-9-24-43/h1-37H. The van der Waals surface area contributed by atoms with E-state index in [4.69, 9.17) is 19.4 Å². The Morgan fingerprint density at radius 2 is 0.969 bits per heavy atom. The molecule has 9 aromatic carbocycles. The molecule has 0 bridgehead atoms. The molecule has 3 heterocycles.